The van der Waals surface area contributed by atoms with Crippen molar-refractivity contribution in [1.29, 1.82) is 5.26 Å². The van der Waals surface area contributed by atoms with E-state index in [4.69, 9.17) is 5.26 Å². The van der Waals surface area contributed by atoms with E-state index in [0.717, 1.165) is 0 Å². The molecular weight excluding hydrogens is 224 g/mol. The zero-order chi connectivity index (χ0) is 12.2. The first-order valence-electron chi connectivity index (χ1n) is 4.95. The van der Waals surface area contributed by atoms with Gasteiger partial charge in [0, 0.05) is 6.54 Å². The molecule has 4 nitrogen and oxygen atoms in total. The van der Waals surface area contributed by atoms with Crippen molar-refractivity contribution in [3.8, 4) is 6.07 Å². The summed E-state index contributed by atoms with van der Waals surface area (Å²) in [6, 6.07) is 7.88. The fourth-order valence-electron chi connectivity index (χ4n) is 1.09. The van der Waals surface area contributed by atoms with E-state index in [0.29, 0.717) is 12.1 Å². The second kappa shape index (κ2) is 5.10. The van der Waals surface area contributed by atoms with Crippen LogP contribution < -0.4 is 4.72 Å². The highest BCUT2D eigenvalue weighted by Crippen LogP contribution is 2.10. The molecule has 1 aromatic carbocycles. The monoisotopic (exact) mass is 238 g/mol. The molecule has 0 fully saturated rings. The Morgan fingerprint density at radius 3 is 2.69 bits per heavy atom. The van der Waals surface area contributed by atoms with Crippen LogP contribution in [0.5, 0.6) is 0 Å². The predicted octanol–water partition coefficient (Wildman–Crippen LogP) is 1.49. The fourth-order valence-corrected chi connectivity index (χ4v) is 2.35. The zero-order valence-electron chi connectivity index (χ0n) is 9.27. The average molecular weight is 238 g/mol. The number of nitrogens with one attached hydrogen (secondary N) is 1. The third-order valence-corrected chi connectivity index (χ3v) is 3.38. The van der Waals surface area contributed by atoms with Crippen LogP contribution in [0.25, 0.3) is 0 Å². The van der Waals surface area contributed by atoms with Crippen LogP contribution in [0.2, 0.25) is 0 Å². The van der Waals surface area contributed by atoms with Gasteiger partial charge in [0.15, 0.2) is 0 Å². The molecule has 0 bridgehead atoms. The van der Waals surface area contributed by atoms with Gasteiger partial charge >= 0.3 is 0 Å². The molecule has 16 heavy (non-hydrogen) atoms. The van der Waals surface area contributed by atoms with Crippen molar-refractivity contribution in [2.75, 3.05) is 6.54 Å². The molecule has 1 N–H and O–H groups in total. The number of nitriles is 1. The molecule has 0 heterocycles. The normalized spacial score (nSPS) is 11.4. The van der Waals surface area contributed by atoms with Crippen LogP contribution in [0.4, 0.5) is 0 Å². The van der Waals surface area contributed by atoms with E-state index in [1.165, 1.54) is 12.1 Å². The molecular formula is C11H14N2O2S. The molecule has 5 heteroatoms. The van der Waals surface area contributed by atoms with Crippen LogP contribution >= 0.6 is 0 Å². The Bertz CT molecular complexity index is 501. The standard InChI is InChI=1S/C11H14N2O2S/c1-9(2)8-13-16(14,15)11-5-3-4-10(6-11)7-12/h3-6,9,13H,8H2,1-2H3. The van der Waals surface area contributed by atoms with Gasteiger partial charge in [0.05, 0.1) is 16.5 Å². The molecule has 0 aliphatic heterocycles. The number of hydrogen-bond acceptors (Lipinski definition) is 3. The molecule has 0 saturated heterocycles. The Hall–Kier alpha value is -1.38. The second-order valence-corrected chi connectivity index (χ2v) is 5.65. The zero-order valence-corrected chi connectivity index (χ0v) is 10.1. The molecule has 1 rings (SSSR count). The van der Waals surface area contributed by atoms with Crippen molar-refractivity contribution < 1.29 is 8.42 Å². The van der Waals surface area contributed by atoms with Gasteiger partial charge in [-0.15, -0.1) is 0 Å². The summed E-state index contributed by atoms with van der Waals surface area (Å²) in [4.78, 5) is 0.132. The summed E-state index contributed by atoms with van der Waals surface area (Å²) in [6.45, 7) is 4.24. The molecule has 86 valence electrons. The Kier molecular flexibility index (Phi) is 4.05. The quantitative estimate of drug-likeness (QED) is 0.864. The van der Waals surface area contributed by atoms with Gasteiger partial charge in [-0.25, -0.2) is 13.1 Å². The third-order valence-electron chi connectivity index (χ3n) is 1.96. The summed E-state index contributed by atoms with van der Waals surface area (Å²) in [5.74, 6) is 0.244. The van der Waals surface area contributed by atoms with Crippen LogP contribution in [-0.2, 0) is 10.0 Å². The fraction of sp³-hybridized carbons (Fsp3) is 0.364. The van der Waals surface area contributed by atoms with Crippen LogP contribution in [0.15, 0.2) is 29.2 Å². The van der Waals surface area contributed by atoms with E-state index in [2.05, 4.69) is 4.72 Å². The maximum absolute atomic E-state index is 11.8. The molecule has 0 atom stereocenters. The Morgan fingerprint density at radius 1 is 1.44 bits per heavy atom. The van der Waals surface area contributed by atoms with Crippen LogP contribution in [-0.4, -0.2) is 15.0 Å². The number of hydrogen-bond donors (Lipinski definition) is 1. The Morgan fingerprint density at radius 2 is 2.12 bits per heavy atom. The number of rotatable bonds is 4. The SMILES string of the molecule is CC(C)CNS(=O)(=O)c1cccc(C#N)c1. The Balaban J connectivity index is 2.95. The lowest BCUT2D eigenvalue weighted by Crippen LogP contribution is -2.27. The summed E-state index contributed by atoms with van der Waals surface area (Å²) in [6.07, 6.45) is 0. The van der Waals surface area contributed by atoms with Gasteiger partial charge in [-0.3, -0.25) is 0 Å². The minimum atomic E-state index is -3.49. The molecule has 0 aliphatic carbocycles. The van der Waals surface area contributed by atoms with Crippen molar-refractivity contribution in [2.45, 2.75) is 18.7 Å². The second-order valence-electron chi connectivity index (χ2n) is 3.89. The van der Waals surface area contributed by atoms with Crippen molar-refractivity contribution in [2.24, 2.45) is 5.92 Å². The van der Waals surface area contributed by atoms with E-state index < -0.39 is 10.0 Å². The van der Waals surface area contributed by atoms with E-state index in [1.54, 1.807) is 12.1 Å². The molecule has 0 unspecified atom stereocenters. The molecule has 1 aromatic rings. The summed E-state index contributed by atoms with van der Waals surface area (Å²) < 4.78 is 26.1. The smallest absolute Gasteiger partial charge is 0.211 e. The van der Waals surface area contributed by atoms with Crippen LogP contribution in [0.1, 0.15) is 19.4 Å². The average Bonchev–Trinajstić information content (AvgIpc) is 2.27. The van der Waals surface area contributed by atoms with Gasteiger partial charge in [0.25, 0.3) is 0 Å². The highest BCUT2D eigenvalue weighted by atomic mass is 32.2. The Labute approximate surface area is 96.0 Å². The van der Waals surface area contributed by atoms with E-state index in [1.807, 2.05) is 19.9 Å². The molecule has 0 amide bonds. The molecule has 0 aliphatic rings. The van der Waals surface area contributed by atoms with Crippen molar-refractivity contribution in [3.05, 3.63) is 29.8 Å². The first-order valence-corrected chi connectivity index (χ1v) is 6.44. The summed E-state index contributed by atoms with van der Waals surface area (Å²) in [7, 11) is -3.49. The van der Waals surface area contributed by atoms with Crippen LogP contribution in [0, 0.1) is 17.2 Å². The van der Waals surface area contributed by atoms with Gasteiger partial charge in [-0.2, -0.15) is 5.26 Å². The lowest BCUT2D eigenvalue weighted by atomic mass is 10.2. The first kappa shape index (κ1) is 12.7. The summed E-state index contributed by atoms with van der Waals surface area (Å²) in [5, 5.41) is 8.68. The molecule has 0 radical (unpaired) electrons. The van der Waals surface area contributed by atoms with Gasteiger partial charge in [-0.1, -0.05) is 19.9 Å². The van der Waals surface area contributed by atoms with Gasteiger partial charge < -0.3 is 0 Å². The molecule has 0 saturated carbocycles. The maximum atomic E-state index is 11.8. The number of sulfonamides is 1. The van der Waals surface area contributed by atoms with Gasteiger partial charge in [0.2, 0.25) is 10.0 Å². The van der Waals surface area contributed by atoms with Crippen molar-refractivity contribution in [1.82, 2.24) is 4.72 Å². The van der Waals surface area contributed by atoms with E-state index in [-0.39, 0.29) is 10.8 Å². The lowest BCUT2D eigenvalue weighted by molar-refractivity contribution is 0.560. The predicted molar refractivity (Wildman–Crippen MR) is 61.2 cm³/mol. The first-order chi connectivity index (χ1) is 7.45. The van der Waals surface area contributed by atoms with Gasteiger partial charge in [-0.05, 0) is 24.1 Å². The largest absolute Gasteiger partial charge is 0.240 e. The minimum Gasteiger partial charge on any atom is -0.211 e. The van der Waals surface area contributed by atoms with Crippen molar-refractivity contribution >= 4 is 10.0 Å². The lowest BCUT2D eigenvalue weighted by Gasteiger charge is -2.08. The van der Waals surface area contributed by atoms with E-state index in [9.17, 15) is 8.42 Å². The maximum Gasteiger partial charge on any atom is 0.240 e. The van der Waals surface area contributed by atoms with E-state index >= 15 is 0 Å². The number of nitrogens with zero attached hydrogens (tertiary/aromatic N) is 1. The van der Waals surface area contributed by atoms with Gasteiger partial charge in [0.1, 0.15) is 0 Å². The highest BCUT2D eigenvalue weighted by molar-refractivity contribution is 7.89. The number of benzene rings is 1. The topological polar surface area (TPSA) is 70.0 Å². The minimum absolute atomic E-state index is 0.132. The summed E-state index contributed by atoms with van der Waals surface area (Å²) >= 11 is 0. The summed E-state index contributed by atoms with van der Waals surface area (Å²) in [5.41, 5.74) is 0.340. The molecule has 0 spiro atoms. The highest BCUT2D eigenvalue weighted by Gasteiger charge is 2.14. The van der Waals surface area contributed by atoms with Crippen molar-refractivity contribution in [3.63, 3.8) is 0 Å². The molecule has 0 aromatic heterocycles. The third kappa shape index (κ3) is 3.33. The van der Waals surface area contributed by atoms with Crippen LogP contribution in [0.3, 0.4) is 0 Å².